The second-order valence-electron chi connectivity index (χ2n) is 5.01. The minimum atomic E-state index is -0.540. The first kappa shape index (κ1) is 16.1. The third-order valence-electron chi connectivity index (χ3n) is 2.86. The third-order valence-corrected chi connectivity index (χ3v) is 2.86. The van der Waals surface area contributed by atoms with Gasteiger partial charge in [-0.3, -0.25) is 14.6 Å². The van der Waals surface area contributed by atoms with Gasteiger partial charge >= 0.3 is 0 Å². The molecule has 0 saturated carbocycles. The van der Waals surface area contributed by atoms with Crippen LogP contribution in [0.5, 0.6) is 0 Å². The molecule has 1 aromatic heterocycles. The summed E-state index contributed by atoms with van der Waals surface area (Å²) < 4.78 is 0. The van der Waals surface area contributed by atoms with Gasteiger partial charge in [0, 0.05) is 25.4 Å². The molecule has 0 aromatic carbocycles. The van der Waals surface area contributed by atoms with E-state index in [0.717, 1.165) is 0 Å². The molecule has 0 aliphatic heterocycles. The van der Waals surface area contributed by atoms with Gasteiger partial charge in [0.15, 0.2) is 0 Å². The van der Waals surface area contributed by atoms with Crippen molar-refractivity contribution >= 4 is 11.8 Å². The van der Waals surface area contributed by atoms with Crippen LogP contribution in [-0.4, -0.2) is 29.9 Å². The summed E-state index contributed by atoms with van der Waals surface area (Å²) in [5.74, 6) is -0.189. The van der Waals surface area contributed by atoms with Gasteiger partial charge in [0.1, 0.15) is 6.04 Å². The van der Waals surface area contributed by atoms with Crippen molar-refractivity contribution in [3.8, 4) is 0 Å². The number of nitrogens with one attached hydrogen (secondary N) is 2. The summed E-state index contributed by atoms with van der Waals surface area (Å²) in [6.07, 6.45) is 2.12. The third kappa shape index (κ3) is 4.62. The lowest BCUT2D eigenvalue weighted by atomic mass is 10.0. The largest absolute Gasteiger partial charge is 0.357 e. The number of hydrogen-bond acceptors (Lipinski definition) is 4. The SMILES string of the molecule is CNC(=O)C(CC(C)C)NC(=O)c1ccnc(CN)c1. The van der Waals surface area contributed by atoms with Gasteiger partial charge < -0.3 is 16.4 Å². The molecule has 2 amide bonds. The molecule has 0 bridgehead atoms. The zero-order valence-corrected chi connectivity index (χ0v) is 12.1. The molecule has 0 spiro atoms. The topological polar surface area (TPSA) is 97.1 Å². The highest BCUT2D eigenvalue weighted by molar-refractivity contribution is 5.97. The summed E-state index contributed by atoms with van der Waals surface area (Å²) in [6.45, 7) is 4.27. The van der Waals surface area contributed by atoms with Crippen LogP contribution in [0.25, 0.3) is 0 Å². The molecule has 0 aliphatic rings. The maximum atomic E-state index is 12.2. The van der Waals surface area contributed by atoms with E-state index in [0.29, 0.717) is 23.6 Å². The molecular formula is C14H22N4O2. The van der Waals surface area contributed by atoms with Crippen LogP contribution in [0.3, 0.4) is 0 Å². The first-order chi connectivity index (χ1) is 9.47. The summed E-state index contributed by atoms with van der Waals surface area (Å²) in [5.41, 5.74) is 6.59. The van der Waals surface area contributed by atoms with Gasteiger partial charge in [-0.05, 0) is 24.5 Å². The average Bonchev–Trinajstić information content (AvgIpc) is 2.45. The summed E-state index contributed by atoms with van der Waals surface area (Å²) in [4.78, 5) is 28.0. The minimum Gasteiger partial charge on any atom is -0.357 e. The predicted molar refractivity (Wildman–Crippen MR) is 76.9 cm³/mol. The number of carbonyl (C=O) groups is 2. The first-order valence-corrected chi connectivity index (χ1v) is 6.65. The quantitative estimate of drug-likeness (QED) is 0.703. The number of amides is 2. The van der Waals surface area contributed by atoms with Crippen LogP contribution in [0.4, 0.5) is 0 Å². The molecule has 20 heavy (non-hydrogen) atoms. The van der Waals surface area contributed by atoms with Gasteiger partial charge in [0.2, 0.25) is 5.91 Å². The lowest BCUT2D eigenvalue weighted by molar-refractivity contribution is -0.122. The average molecular weight is 278 g/mol. The van der Waals surface area contributed by atoms with Gasteiger partial charge in [0.05, 0.1) is 5.69 Å². The Morgan fingerprint density at radius 1 is 1.40 bits per heavy atom. The fourth-order valence-electron chi connectivity index (χ4n) is 1.85. The molecule has 1 atom stereocenters. The lowest BCUT2D eigenvalue weighted by Gasteiger charge is -2.19. The summed E-state index contributed by atoms with van der Waals surface area (Å²) in [7, 11) is 1.56. The summed E-state index contributed by atoms with van der Waals surface area (Å²) in [5, 5.41) is 5.31. The number of hydrogen-bond donors (Lipinski definition) is 3. The Morgan fingerprint density at radius 2 is 2.10 bits per heavy atom. The van der Waals surface area contributed by atoms with Crippen LogP contribution in [0.1, 0.15) is 36.3 Å². The minimum absolute atomic E-state index is 0.194. The Hall–Kier alpha value is -1.95. The molecular weight excluding hydrogens is 256 g/mol. The zero-order valence-electron chi connectivity index (χ0n) is 12.1. The second-order valence-corrected chi connectivity index (χ2v) is 5.01. The molecule has 6 nitrogen and oxygen atoms in total. The number of pyridine rings is 1. The molecule has 1 heterocycles. The number of nitrogens with zero attached hydrogens (tertiary/aromatic N) is 1. The van der Waals surface area contributed by atoms with Crippen LogP contribution >= 0.6 is 0 Å². The van der Waals surface area contributed by atoms with E-state index in [1.807, 2.05) is 13.8 Å². The van der Waals surface area contributed by atoms with Crippen molar-refractivity contribution in [3.05, 3.63) is 29.6 Å². The molecule has 0 aliphatic carbocycles. The fourth-order valence-corrected chi connectivity index (χ4v) is 1.85. The standard InChI is InChI=1S/C14H22N4O2/c1-9(2)6-12(14(20)16-3)18-13(19)10-4-5-17-11(7-10)8-15/h4-5,7,9,12H,6,8,15H2,1-3H3,(H,16,20)(H,18,19). The van der Waals surface area contributed by atoms with E-state index in [1.165, 1.54) is 6.20 Å². The Balaban J connectivity index is 2.81. The molecule has 0 radical (unpaired) electrons. The number of carbonyl (C=O) groups excluding carboxylic acids is 2. The van der Waals surface area contributed by atoms with E-state index in [2.05, 4.69) is 15.6 Å². The van der Waals surface area contributed by atoms with Crippen molar-refractivity contribution < 1.29 is 9.59 Å². The maximum Gasteiger partial charge on any atom is 0.252 e. The van der Waals surface area contributed by atoms with E-state index >= 15 is 0 Å². The fraction of sp³-hybridized carbons (Fsp3) is 0.500. The van der Waals surface area contributed by atoms with Gasteiger partial charge in [0.25, 0.3) is 5.91 Å². The zero-order chi connectivity index (χ0) is 15.1. The normalized spacial score (nSPS) is 12.1. The van der Waals surface area contributed by atoms with Gasteiger partial charge in [-0.1, -0.05) is 13.8 Å². The van der Waals surface area contributed by atoms with Crippen molar-refractivity contribution in [2.45, 2.75) is 32.9 Å². The molecule has 1 aromatic rings. The van der Waals surface area contributed by atoms with Gasteiger partial charge in [-0.2, -0.15) is 0 Å². The Bertz CT molecular complexity index is 474. The van der Waals surface area contributed by atoms with Crippen molar-refractivity contribution in [1.82, 2.24) is 15.6 Å². The number of nitrogens with two attached hydrogens (primary N) is 1. The molecule has 1 unspecified atom stereocenters. The second kappa shape index (κ2) is 7.59. The molecule has 0 fully saturated rings. The van der Waals surface area contributed by atoms with E-state index in [4.69, 9.17) is 5.73 Å². The molecule has 0 saturated heterocycles. The lowest BCUT2D eigenvalue weighted by Crippen LogP contribution is -2.46. The summed E-state index contributed by atoms with van der Waals surface area (Å²) in [6, 6.07) is 2.69. The van der Waals surface area contributed by atoms with Crippen molar-refractivity contribution in [2.75, 3.05) is 7.05 Å². The maximum absolute atomic E-state index is 12.2. The summed E-state index contributed by atoms with van der Waals surface area (Å²) >= 11 is 0. The van der Waals surface area contributed by atoms with Crippen LogP contribution < -0.4 is 16.4 Å². The van der Waals surface area contributed by atoms with Crippen molar-refractivity contribution in [1.29, 1.82) is 0 Å². The van der Waals surface area contributed by atoms with Crippen molar-refractivity contribution in [3.63, 3.8) is 0 Å². The van der Waals surface area contributed by atoms with Crippen LogP contribution in [-0.2, 0) is 11.3 Å². The molecule has 4 N–H and O–H groups in total. The molecule has 110 valence electrons. The predicted octanol–water partition coefficient (Wildman–Crippen LogP) is 0.431. The highest BCUT2D eigenvalue weighted by Gasteiger charge is 2.21. The van der Waals surface area contributed by atoms with E-state index in [1.54, 1.807) is 19.2 Å². The van der Waals surface area contributed by atoms with Gasteiger partial charge in [-0.25, -0.2) is 0 Å². The first-order valence-electron chi connectivity index (χ1n) is 6.65. The van der Waals surface area contributed by atoms with E-state index < -0.39 is 6.04 Å². The van der Waals surface area contributed by atoms with Crippen molar-refractivity contribution in [2.24, 2.45) is 11.7 Å². The number of aromatic nitrogens is 1. The highest BCUT2D eigenvalue weighted by Crippen LogP contribution is 2.07. The molecule has 1 rings (SSSR count). The smallest absolute Gasteiger partial charge is 0.252 e. The number of rotatable bonds is 6. The van der Waals surface area contributed by atoms with E-state index in [9.17, 15) is 9.59 Å². The Labute approximate surface area is 119 Å². The van der Waals surface area contributed by atoms with Crippen LogP contribution in [0.15, 0.2) is 18.3 Å². The Kier molecular flexibility index (Phi) is 6.11. The molecule has 6 heteroatoms. The van der Waals surface area contributed by atoms with Crippen LogP contribution in [0, 0.1) is 5.92 Å². The Morgan fingerprint density at radius 3 is 2.65 bits per heavy atom. The monoisotopic (exact) mass is 278 g/mol. The van der Waals surface area contributed by atoms with E-state index in [-0.39, 0.29) is 18.4 Å². The number of likely N-dealkylation sites (N-methyl/N-ethyl adjacent to an activating group) is 1. The van der Waals surface area contributed by atoms with Crippen LogP contribution in [0.2, 0.25) is 0 Å². The highest BCUT2D eigenvalue weighted by atomic mass is 16.2. The van der Waals surface area contributed by atoms with Gasteiger partial charge in [-0.15, -0.1) is 0 Å².